The van der Waals surface area contributed by atoms with Gasteiger partial charge in [-0.1, -0.05) is 23.7 Å². The van der Waals surface area contributed by atoms with E-state index in [9.17, 15) is 0 Å². The van der Waals surface area contributed by atoms with Gasteiger partial charge in [0.2, 0.25) is 0 Å². The second kappa shape index (κ2) is 4.92. The molecule has 3 rings (SSSR count). The topological polar surface area (TPSA) is 54.7 Å². The number of anilines is 1. The first-order valence-corrected chi connectivity index (χ1v) is 6.58. The Balaban J connectivity index is 2.02. The van der Waals surface area contributed by atoms with Gasteiger partial charge in [-0.3, -0.25) is 0 Å². The molecule has 3 aromatic rings. The van der Waals surface area contributed by atoms with E-state index in [1.807, 2.05) is 36.5 Å². The molecule has 0 fully saturated rings. The lowest BCUT2D eigenvalue weighted by molar-refractivity contribution is 0.837. The quantitative estimate of drug-likeness (QED) is 0.727. The Morgan fingerprint density at radius 1 is 1.20 bits per heavy atom. The fourth-order valence-electron chi connectivity index (χ4n) is 2.31. The van der Waals surface area contributed by atoms with Crippen LogP contribution in [0.1, 0.15) is 11.1 Å². The second-order valence-electron chi connectivity index (χ2n) is 4.64. The number of halogens is 1. The van der Waals surface area contributed by atoms with Gasteiger partial charge >= 0.3 is 0 Å². The number of rotatable bonds is 2. The van der Waals surface area contributed by atoms with E-state index in [1.165, 1.54) is 0 Å². The molecule has 0 saturated carbocycles. The molecule has 2 N–H and O–H groups in total. The average molecular weight is 282 g/mol. The number of hydrogen-bond acceptors (Lipinski definition) is 2. The van der Waals surface area contributed by atoms with Crippen LogP contribution in [0, 0.1) is 11.3 Å². The lowest BCUT2D eigenvalue weighted by Gasteiger charge is -2.08. The van der Waals surface area contributed by atoms with Crippen molar-refractivity contribution < 1.29 is 0 Å². The van der Waals surface area contributed by atoms with Gasteiger partial charge < -0.3 is 10.3 Å². The third-order valence-electron chi connectivity index (χ3n) is 3.37. The molecule has 0 bridgehead atoms. The Labute approximate surface area is 121 Å². The van der Waals surface area contributed by atoms with Crippen LogP contribution in [0.25, 0.3) is 10.9 Å². The van der Waals surface area contributed by atoms with Gasteiger partial charge in [0.1, 0.15) is 0 Å². The largest absolute Gasteiger partial charge is 0.398 e. The summed E-state index contributed by atoms with van der Waals surface area (Å²) in [6, 6.07) is 15.3. The predicted molar refractivity (Wildman–Crippen MR) is 81.6 cm³/mol. The molecule has 1 aromatic heterocycles. The minimum absolute atomic E-state index is 0.570. The van der Waals surface area contributed by atoms with Crippen molar-refractivity contribution in [3.8, 4) is 6.07 Å². The van der Waals surface area contributed by atoms with Crippen LogP contribution in [0.2, 0.25) is 5.02 Å². The zero-order chi connectivity index (χ0) is 14.1. The maximum Gasteiger partial charge on any atom is 0.0992 e. The van der Waals surface area contributed by atoms with Crippen LogP contribution in [0.5, 0.6) is 0 Å². The minimum Gasteiger partial charge on any atom is -0.398 e. The fraction of sp³-hybridized carbons (Fsp3) is 0.0625. The zero-order valence-corrected chi connectivity index (χ0v) is 11.4. The average Bonchev–Trinajstić information content (AvgIpc) is 2.86. The molecule has 2 aromatic carbocycles. The number of nitrogens with zero attached hydrogens (tertiary/aromatic N) is 2. The molecule has 0 unspecified atom stereocenters. The van der Waals surface area contributed by atoms with Crippen LogP contribution in [-0.4, -0.2) is 4.57 Å². The lowest BCUT2D eigenvalue weighted by atomic mass is 10.1. The Hall–Kier alpha value is -2.44. The lowest BCUT2D eigenvalue weighted by Crippen LogP contribution is -1.99. The fourth-order valence-corrected chi connectivity index (χ4v) is 2.55. The van der Waals surface area contributed by atoms with E-state index in [2.05, 4.69) is 10.6 Å². The predicted octanol–water partition coefficient (Wildman–Crippen LogP) is 3.80. The summed E-state index contributed by atoms with van der Waals surface area (Å²) < 4.78 is 2.10. The summed E-state index contributed by atoms with van der Waals surface area (Å²) in [4.78, 5) is 0. The van der Waals surface area contributed by atoms with Crippen molar-refractivity contribution in [2.45, 2.75) is 6.54 Å². The molecule has 0 aliphatic heterocycles. The molecule has 98 valence electrons. The number of fused-ring (bicyclic) bond motifs is 1. The van der Waals surface area contributed by atoms with Gasteiger partial charge in [-0.05, 0) is 35.9 Å². The van der Waals surface area contributed by atoms with Gasteiger partial charge in [-0.2, -0.15) is 5.26 Å². The summed E-state index contributed by atoms with van der Waals surface area (Å²) in [5.74, 6) is 0. The van der Waals surface area contributed by atoms with Crippen molar-refractivity contribution in [2.75, 3.05) is 5.73 Å². The molecular formula is C16H12ClN3. The molecule has 0 atom stereocenters. The highest BCUT2D eigenvalue weighted by atomic mass is 35.5. The molecular weight excluding hydrogens is 270 g/mol. The van der Waals surface area contributed by atoms with Crippen LogP contribution in [0.15, 0.2) is 48.7 Å². The maximum atomic E-state index is 8.85. The summed E-state index contributed by atoms with van der Waals surface area (Å²) in [6.07, 6.45) is 2.00. The summed E-state index contributed by atoms with van der Waals surface area (Å²) in [6.45, 7) is 0.650. The van der Waals surface area contributed by atoms with E-state index in [0.717, 1.165) is 22.2 Å². The minimum atomic E-state index is 0.570. The second-order valence-corrected chi connectivity index (χ2v) is 5.05. The molecule has 1 heterocycles. The van der Waals surface area contributed by atoms with E-state index in [-0.39, 0.29) is 0 Å². The van der Waals surface area contributed by atoms with Crippen LogP contribution in [0.4, 0.5) is 5.69 Å². The van der Waals surface area contributed by atoms with E-state index in [1.54, 1.807) is 12.1 Å². The Kier molecular flexibility index (Phi) is 3.09. The van der Waals surface area contributed by atoms with E-state index < -0.39 is 0 Å². The molecule has 0 saturated heterocycles. The summed E-state index contributed by atoms with van der Waals surface area (Å²) >= 11 is 6.22. The van der Waals surface area contributed by atoms with Gasteiger partial charge in [0.05, 0.1) is 17.1 Å². The van der Waals surface area contributed by atoms with E-state index in [4.69, 9.17) is 22.6 Å². The van der Waals surface area contributed by atoms with Gasteiger partial charge in [-0.15, -0.1) is 0 Å². The van der Waals surface area contributed by atoms with Gasteiger partial charge in [0.15, 0.2) is 0 Å². The Morgan fingerprint density at radius 3 is 2.80 bits per heavy atom. The highest BCUT2D eigenvalue weighted by molar-refractivity contribution is 6.31. The molecule has 3 nitrogen and oxygen atoms in total. The molecule has 0 amide bonds. The molecule has 20 heavy (non-hydrogen) atoms. The molecule has 0 aliphatic carbocycles. The SMILES string of the molecule is N#Cc1ccc(Cn2ccc3c(N)cccc32)c(Cl)c1. The zero-order valence-electron chi connectivity index (χ0n) is 10.7. The van der Waals surface area contributed by atoms with Gasteiger partial charge in [0.25, 0.3) is 0 Å². The van der Waals surface area contributed by atoms with Crippen molar-refractivity contribution in [2.24, 2.45) is 0 Å². The monoisotopic (exact) mass is 281 g/mol. The third kappa shape index (κ3) is 2.11. The van der Waals surface area contributed by atoms with E-state index in [0.29, 0.717) is 17.1 Å². The first kappa shape index (κ1) is 12.6. The normalized spacial score (nSPS) is 10.6. The van der Waals surface area contributed by atoms with Gasteiger partial charge in [0, 0.05) is 28.8 Å². The smallest absolute Gasteiger partial charge is 0.0992 e. The standard InChI is InChI=1S/C16H12ClN3/c17-14-8-11(9-18)4-5-12(14)10-20-7-6-13-15(19)2-1-3-16(13)20/h1-8H,10,19H2. The highest BCUT2D eigenvalue weighted by Crippen LogP contribution is 2.25. The number of benzene rings is 2. The number of nitrogen functional groups attached to an aromatic ring is 1. The molecule has 0 aliphatic rings. The highest BCUT2D eigenvalue weighted by Gasteiger charge is 2.07. The summed E-state index contributed by atoms with van der Waals surface area (Å²) in [7, 11) is 0. The van der Waals surface area contributed by atoms with Crippen molar-refractivity contribution >= 4 is 28.2 Å². The van der Waals surface area contributed by atoms with E-state index >= 15 is 0 Å². The number of aromatic nitrogens is 1. The Morgan fingerprint density at radius 2 is 2.05 bits per heavy atom. The van der Waals surface area contributed by atoms with Crippen molar-refractivity contribution in [1.29, 1.82) is 5.26 Å². The first-order valence-electron chi connectivity index (χ1n) is 6.21. The maximum absolute atomic E-state index is 8.85. The number of nitriles is 1. The first-order chi connectivity index (χ1) is 9.69. The van der Waals surface area contributed by atoms with Crippen LogP contribution in [0.3, 0.4) is 0 Å². The summed E-state index contributed by atoms with van der Waals surface area (Å²) in [5.41, 5.74) is 9.35. The van der Waals surface area contributed by atoms with Crippen molar-refractivity contribution in [3.63, 3.8) is 0 Å². The molecule has 4 heteroatoms. The third-order valence-corrected chi connectivity index (χ3v) is 3.72. The van der Waals surface area contributed by atoms with Crippen molar-refractivity contribution in [3.05, 3.63) is 64.8 Å². The van der Waals surface area contributed by atoms with Crippen LogP contribution in [-0.2, 0) is 6.54 Å². The number of hydrogen-bond donors (Lipinski definition) is 1. The summed E-state index contributed by atoms with van der Waals surface area (Å²) in [5, 5.41) is 10.5. The number of nitrogens with two attached hydrogens (primary N) is 1. The van der Waals surface area contributed by atoms with Crippen LogP contribution < -0.4 is 5.73 Å². The molecule has 0 spiro atoms. The Bertz CT molecular complexity index is 827. The van der Waals surface area contributed by atoms with Crippen LogP contribution >= 0.6 is 11.6 Å². The van der Waals surface area contributed by atoms with Crippen molar-refractivity contribution in [1.82, 2.24) is 4.57 Å². The molecule has 0 radical (unpaired) electrons. The van der Waals surface area contributed by atoms with Gasteiger partial charge in [-0.25, -0.2) is 0 Å².